The van der Waals surface area contributed by atoms with Gasteiger partial charge in [-0.3, -0.25) is 5.10 Å². The van der Waals surface area contributed by atoms with Crippen molar-refractivity contribution in [1.29, 1.82) is 0 Å². The molecule has 2 aliphatic rings. The molecule has 154 valence electrons. The van der Waals surface area contributed by atoms with Gasteiger partial charge in [0.1, 0.15) is 10.9 Å². The summed E-state index contributed by atoms with van der Waals surface area (Å²) in [7, 11) is 4.32. The SMILES string of the molecule is CN(C)[C@H]1CC[C@H](Oc2nc(Nc3cn[nH]c3)nc3sc4c(c23)CCOC4)CC1. The summed E-state index contributed by atoms with van der Waals surface area (Å²) < 4.78 is 12.2. The van der Waals surface area contributed by atoms with Gasteiger partial charge in [0.25, 0.3) is 0 Å². The molecule has 5 rings (SSSR count). The number of hydrogen-bond donors (Lipinski definition) is 2. The van der Waals surface area contributed by atoms with Crippen LogP contribution in [0.3, 0.4) is 0 Å². The van der Waals surface area contributed by atoms with E-state index in [1.54, 1.807) is 23.7 Å². The van der Waals surface area contributed by atoms with E-state index in [2.05, 4.69) is 34.5 Å². The number of rotatable bonds is 5. The number of aromatic amines is 1. The van der Waals surface area contributed by atoms with Gasteiger partial charge in [-0.2, -0.15) is 10.1 Å². The summed E-state index contributed by atoms with van der Waals surface area (Å²) in [6.45, 7) is 1.38. The predicted molar refractivity (Wildman–Crippen MR) is 113 cm³/mol. The largest absolute Gasteiger partial charge is 0.474 e. The highest BCUT2D eigenvalue weighted by atomic mass is 32.1. The van der Waals surface area contributed by atoms with Crippen LogP contribution in [-0.4, -0.2) is 57.9 Å². The van der Waals surface area contributed by atoms with Gasteiger partial charge in [-0.25, -0.2) is 4.98 Å². The Balaban J connectivity index is 1.47. The van der Waals surface area contributed by atoms with Crippen LogP contribution in [0.5, 0.6) is 5.88 Å². The van der Waals surface area contributed by atoms with Gasteiger partial charge in [0.05, 0.1) is 30.5 Å². The first-order valence-corrected chi connectivity index (χ1v) is 11.0. The first kappa shape index (κ1) is 18.8. The van der Waals surface area contributed by atoms with E-state index in [4.69, 9.17) is 19.4 Å². The molecular formula is C20H26N6O2S. The monoisotopic (exact) mass is 414 g/mol. The van der Waals surface area contributed by atoms with E-state index in [0.29, 0.717) is 24.5 Å². The van der Waals surface area contributed by atoms with Crippen LogP contribution in [0.4, 0.5) is 11.6 Å². The molecule has 29 heavy (non-hydrogen) atoms. The number of thiophene rings is 1. The molecule has 4 heterocycles. The zero-order valence-corrected chi connectivity index (χ0v) is 17.6. The van der Waals surface area contributed by atoms with E-state index in [0.717, 1.165) is 54.6 Å². The number of anilines is 2. The molecule has 3 aromatic rings. The van der Waals surface area contributed by atoms with Crippen molar-refractivity contribution in [2.24, 2.45) is 0 Å². The minimum atomic E-state index is 0.196. The fourth-order valence-corrected chi connectivity index (χ4v) is 5.37. The molecule has 1 aliphatic carbocycles. The number of hydrogen-bond acceptors (Lipinski definition) is 8. The summed E-state index contributed by atoms with van der Waals surface area (Å²) in [6, 6.07) is 0.643. The summed E-state index contributed by atoms with van der Waals surface area (Å²) in [5, 5.41) is 11.1. The van der Waals surface area contributed by atoms with Gasteiger partial charge in [-0.15, -0.1) is 11.3 Å². The number of aromatic nitrogens is 4. The smallest absolute Gasteiger partial charge is 0.232 e. The minimum absolute atomic E-state index is 0.196. The van der Waals surface area contributed by atoms with Crippen molar-refractivity contribution in [2.75, 3.05) is 26.0 Å². The molecule has 0 spiro atoms. The molecule has 0 amide bonds. The molecule has 0 aromatic carbocycles. The Bertz CT molecular complexity index is 979. The molecule has 1 aliphatic heterocycles. The molecule has 0 atom stereocenters. The first-order valence-electron chi connectivity index (χ1n) is 10.2. The third-order valence-electron chi connectivity index (χ3n) is 5.84. The van der Waals surface area contributed by atoms with Gasteiger partial charge < -0.3 is 19.7 Å². The summed E-state index contributed by atoms with van der Waals surface area (Å²) in [5.74, 6) is 1.24. The molecule has 1 fully saturated rings. The van der Waals surface area contributed by atoms with Gasteiger partial charge >= 0.3 is 0 Å². The first-order chi connectivity index (χ1) is 14.2. The fraction of sp³-hybridized carbons (Fsp3) is 0.550. The lowest BCUT2D eigenvalue weighted by Crippen LogP contribution is -2.35. The molecule has 8 nitrogen and oxygen atoms in total. The maximum Gasteiger partial charge on any atom is 0.232 e. The van der Waals surface area contributed by atoms with Gasteiger partial charge in [-0.1, -0.05) is 0 Å². The summed E-state index contributed by atoms with van der Waals surface area (Å²) in [6.07, 6.45) is 8.98. The highest BCUT2D eigenvalue weighted by Crippen LogP contribution is 2.40. The normalized spacial score (nSPS) is 22.0. The summed E-state index contributed by atoms with van der Waals surface area (Å²) in [4.78, 5) is 14.0. The van der Waals surface area contributed by atoms with E-state index in [1.165, 1.54) is 10.4 Å². The zero-order valence-electron chi connectivity index (χ0n) is 16.8. The van der Waals surface area contributed by atoms with Crippen molar-refractivity contribution in [2.45, 2.75) is 50.9 Å². The number of ether oxygens (including phenoxy) is 2. The Kier molecular flexibility index (Phi) is 5.11. The number of nitrogens with one attached hydrogen (secondary N) is 2. The third kappa shape index (κ3) is 3.82. The third-order valence-corrected chi connectivity index (χ3v) is 6.94. The van der Waals surface area contributed by atoms with Crippen LogP contribution in [0, 0.1) is 0 Å². The van der Waals surface area contributed by atoms with Crippen LogP contribution >= 0.6 is 11.3 Å². The average Bonchev–Trinajstić information content (AvgIpc) is 3.35. The van der Waals surface area contributed by atoms with Gasteiger partial charge in [0, 0.05) is 17.1 Å². The molecule has 0 saturated heterocycles. The van der Waals surface area contributed by atoms with Crippen molar-refractivity contribution < 1.29 is 9.47 Å². The topological polar surface area (TPSA) is 88.2 Å². The number of fused-ring (bicyclic) bond motifs is 3. The Labute approximate surface area is 173 Å². The quantitative estimate of drug-likeness (QED) is 0.661. The fourth-order valence-electron chi connectivity index (χ4n) is 4.22. The molecule has 0 unspecified atom stereocenters. The predicted octanol–water partition coefficient (Wildman–Crippen LogP) is 3.48. The van der Waals surface area contributed by atoms with E-state index in [-0.39, 0.29) is 6.10 Å². The molecule has 0 radical (unpaired) electrons. The van der Waals surface area contributed by atoms with E-state index >= 15 is 0 Å². The van der Waals surface area contributed by atoms with Crippen LogP contribution in [0.25, 0.3) is 10.2 Å². The van der Waals surface area contributed by atoms with E-state index in [1.807, 2.05) is 0 Å². The van der Waals surface area contributed by atoms with Crippen LogP contribution < -0.4 is 10.1 Å². The zero-order chi connectivity index (χ0) is 19.8. The Morgan fingerprint density at radius 2 is 2.10 bits per heavy atom. The molecular weight excluding hydrogens is 388 g/mol. The molecule has 9 heteroatoms. The lowest BCUT2D eigenvalue weighted by molar-refractivity contribution is 0.108. The van der Waals surface area contributed by atoms with Crippen molar-refractivity contribution in [3.63, 3.8) is 0 Å². The van der Waals surface area contributed by atoms with Gasteiger partial charge in [0.2, 0.25) is 11.8 Å². The molecule has 3 aromatic heterocycles. The standard InChI is InChI=1S/C20H26N6O2S/c1-26(2)13-3-5-14(6-4-13)28-18-17-15-7-8-27-11-16(15)29-19(17)25-20(24-18)23-12-9-21-22-10-12/h9-10,13-14H,3-8,11H2,1-2H3,(H,21,22)(H,23,24,25)/t13-,14-. The number of H-pyrrole nitrogens is 1. The van der Waals surface area contributed by atoms with E-state index in [9.17, 15) is 0 Å². The van der Waals surface area contributed by atoms with E-state index < -0.39 is 0 Å². The maximum atomic E-state index is 6.51. The van der Waals surface area contributed by atoms with Gasteiger partial charge in [0.15, 0.2) is 0 Å². The molecule has 2 N–H and O–H groups in total. The van der Waals surface area contributed by atoms with Crippen molar-refractivity contribution >= 4 is 33.2 Å². The lowest BCUT2D eigenvalue weighted by Gasteiger charge is -2.32. The number of nitrogens with zero attached hydrogens (tertiary/aromatic N) is 4. The minimum Gasteiger partial charge on any atom is -0.474 e. The second-order valence-electron chi connectivity index (χ2n) is 7.96. The van der Waals surface area contributed by atoms with Crippen LogP contribution in [0.1, 0.15) is 36.1 Å². The van der Waals surface area contributed by atoms with Gasteiger partial charge in [-0.05, 0) is 51.8 Å². The highest BCUT2D eigenvalue weighted by Gasteiger charge is 2.27. The molecule has 0 bridgehead atoms. The summed E-state index contributed by atoms with van der Waals surface area (Å²) in [5.41, 5.74) is 2.12. The second kappa shape index (κ2) is 7.89. The average molecular weight is 415 g/mol. The molecule has 1 saturated carbocycles. The Morgan fingerprint density at radius 1 is 1.24 bits per heavy atom. The summed E-state index contributed by atoms with van der Waals surface area (Å²) >= 11 is 1.68. The van der Waals surface area contributed by atoms with Crippen molar-refractivity contribution in [1.82, 2.24) is 25.1 Å². The van der Waals surface area contributed by atoms with Crippen LogP contribution in [-0.2, 0) is 17.8 Å². The Hall–Kier alpha value is -2.23. The van der Waals surface area contributed by atoms with Crippen LogP contribution in [0.15, 0.2) is 12.4 Å². The van der Waals surface area contributed by atoms with Crippen molar-refractivity contribution in [3.05, 3.63) is 22.8 Å². The van der Waals surface area contributed by atoms with Crippen molar-refractivity contribution in [3.8, 4) is 5.88 Å². The Morgan fingerprint density at radius 3 is 2.86 bits per heavy atom. The maximum absolute atomic E-state index is 6.51. The van der Waals surface area contributed by atoms with Crippen LogP contribution in [0.2, 0.25) is 0 Å². The lowest BCUT2D eigenvalue weighted by atomic mass is 9.92. The highest BCUT2D eigenvalue weighted by molar-refractivity contribution is 7.18. The second-order valence-corrected chi connectivity index (χ2v) is 9.05.